The molecular formula is C15H12N2OS. The lowest BCUT2D eigenvalue weighted by molar-refractivity contribution is 0.102. The second-order valence-corrected chi connectivity index (χ2v) is 5.35. The number of hydrogen-bond donors (Lipinski definition) is 1. The van der Waals surface area contributed by atoms with Gasteiger partial charge in [-0.05, 0) is 47.4 Å². The van der Waals surface area contributed by atoms with Crippen LogP contribution in [-0.2, 0) is 0 Å². The Hall–Kier alpha value is -2.20. The van der Waals surface area contributed by atoms with Crippen molar-refractivity contribution in [1.82, 2.24) is 4.37 Å². The van der Waals surface area contributed by atoms with Gasteiger partial charge in [0.1, 0.15) is 5.69 Å². The Labute approximate surface area is 115 Å². The van der Waals surface area contributed by atoms with Crippen LogP contribution in [-0.4, -0.2) is 10.3 Å². The summed E-state index contributed by atoms with van der Waals surface area (Å²) in [5.41, 5.74) is 1.25. The van der Waals surface area contributed by atoms with Gasteiger partial charge in [0.05, 0.1) is 0 Å². The Kier molecular flexibility index (Phi) is 3.01. The van der Waals surface area contributed by atoms with Crippen molar-refractivity contribution in [2.45, 2.75) is 6.92 Å². The maximum absolute atomic E-state index is 12.0. The molecule has 1 aromatic heterocycles. The van der Waals surface area contributed by atoms with Crippen LogP contribution >= 0.6 is 11.5 Å². The van der Waals surface area contributed by atoms with Gasteiger partial charge in [-0.15, -0.1) is 0 Å². The van der Waals surface area contributed by atoms with Crippen LogP contribution in [0.2, 0.25) is 0 Å². The molecule has 1 amide bonds. The van der Waals surface area contributed by atoms with Gasteiger partial charge >= 0.3 is 0 Å². The molecule has 0 aliphatic carbocycles. The van der Waals surface area contributed by atoms with E-state index in [0.29, 0.717) is 5.69 Å². The maximum atomic E-state index is 12.0. The molecule has 0 aliphatic heterocycles. The Morgan fingerprint density at radius 3 is 2.63 bits per heavy atom. The van der Waals surface area contributed by atoms with Crippen LogP contribution in [0.15, 0.2) is 48.5 Å². The fourth-order valence-corrected chi connectivity index (χ4v) is 2.48. The highest BCUT2D eigenvalue weighted by molar-refractivity contribution is 7.05. The summed E-state index contributed by atoms with van der Waals surface area (Å²) in [5.74, 6) is -0.167. The van der Waals surface area contributed by atoms with Gasteiger partial charge in [-0.2, -0.15) is 4.37 Å². The van der Waals surface area contributed by atoms with Crippen molar-refractivity contribution >= 4 is 33.9 Å². The summed E-state index contributed by atoms with van der Waals surface area (Å²) in [6.07, 6.45) is 0. The third-order valence-corrected chi connectivity index (χ3v) is 3.56. The van der Waals surface area contributed by atoms with Gasteiger partial charge in [0.25, 0.3) is 5.91 Å². The number of anilines is 1. The third kappa shape index (κ3) is 2.48. The normalized spacial score (nSPS) is 10.6. The number of nitrogens with zero attached hydrogens (tertiary/aromatic N) is 1. The van der Waals surface area contributed by atoms with Crippen molar-refractivity contribution in [1.29, 1.82) is 0 Å². The molecule has 0 bridgehead atoms. The number of fused-ring (bicyclic) bond motifs is 1. The smallest absolute Gasteiger partial charge is 0.275 e. The van der Waals surface area contributed by atoms with Crippen LogP contribution in [0.1, 0.15) is 15.4 Å². The lowest BCUT2D eigenvalue weighted by Gasteiger charge is -2.04. The van der Waals surface area contributed by atoms with Crippen LogP contribution < -0.4 is 5.32 Å². The molecule has 19 heavy (non-hydrogen) atoms. The highest BCUT2D eigenvalue weighted by Crippen LogP contribution is 2.19. The van der Waals surface area contributed by atoms with Crippen LogP contribution in [0.3, 0.4) is 0 Å². The second kappa shape index (κ2) is 4.82. The molecule has 0 unspecified atom stereocenters. The first-order valence-corrected chi connectivity index (χ1v) is 6.73. The molecule has 94 valence electrons. The number of carbonyl (C=O) groups is 1. The van der Waals surface area contributed by atoms with Crippen molar-refractivity contribution in [3.8, 4) is 0 Å². The molecule has 4 heteroatoms. The summed E-state index contributed by atoms with van der Waals surface area (Å²) in [5, 5.41) is 5.13. The quantitative estimate of drug-likeness (QED) is 0.767. The molecular weight excluding hydrogens is 256 g/mol. The van der Waals surface area contributed by atoms with Crippen molar-refractivity contribution < 1.29 is 4.79 Å². The lowest BCUT2D eigenvalue weighted by Crippen LogP contribution is -2.11. The molecule has 1 N–H and O–H groups in total. The summed E-state index contributed by atoms with van der Waals surface area (Å²) in [4.78, 5) is 13.0. The van der Waals surface area contributed by atoms with Crippen molar-refractivity contribution in [2.75, 3.05) is 5.32 Å². The topological polar surface area (TPSA) is 42.0 Å². The number of aromatic nitrogens is 1. The van der Waals surface area contributed by atoms with E-state index in [9.17, 15) is 4.79 Å². The van der Waals surface area contributed by atoms with Crippen LogP contribution in [0.25, 0.3) is 10.8 Å². The van der Waals surface area contributed by atoms with E-state index in [4.69, 9.17) is 0 Å². The van der Waals surface area contributed by atoms with Gasteiger partial charge < -0.3 is 5.32 Å². The van der Waals surface area contributed by atoms with Gasteiger partial charge in [0.15, 0.2) is 0 Å². The number of aryl methyl sites for hydroxylation is 1. The number of carbonyl (C=O) groups excluding carboxylic acids is 1. The minimum atomic E-state index is -0.167. The van der Waals surface area contributed by atoms with E-state index in [1.165, 1.54) is 11.5 Å². The summed E-state index contributed by atoms with van der Waals surface area (Å²) in [6, 6.07) is 15.7. The molecule has 0 aliphatic rings. The average Bonchev–Trinajstić information content (AvgIpc) is 2.85. The first-order chi connectivity index (χ1) is 9.22. The van der Waals surface area contributed by atoms with E-state index in [2.05, 4.69) is 9.69 Å². The molecule has 0 spiro atoms. The predicted molar refractivity (Wildman–Crippen MR) is 78.8 cm³/mol. The van der Waals surface area contributed by atoms with E-state index in [0.717, 1.165) is 21.3 Å². The molecule has 3 nitrogen and oxygen atoms in total. The van der Waals surface area contributed by atoms with Crippen molar-refractivity contribution in [3.05, 3.63) is 59.1 Å². The summed E-state index contributed by atoms with van der Waals surface area (Å²) < 4.78 is 4.10. The van der Waals surface area contributed by atoms with E-state index < -0.39 is 0 Å². The van der Waals surface area contributed by atoms with Gasteiger partial charge in [0, 0.05) is 10.6 Å². The second-order valence-electron chi connectivity index (χ2n) is 4.34. The average molecular weight is 268 g/mol. The number of amides is 1. The SMILES string of the molecule is Cc1cc(C(=O)Nc2ccc3ccccc3c2)ns1. The van der Waals surface area contributed by atoms with Crippen LogP contribution in [0.5, 0.6) is 0 Å². The number of nitrogens with one attached hydrogen (secondary N) is 1. The Bertz CT molecular complexity index is 748. The van der Waals surface area contributed by atoms with Gasteiger partial charge in [0.2, 0.25) is 0 Å². The van der Waals surface area contributed by atoms with Crippen LogP contribution in [0, 0.1) is 6.92 Å². The Morgan fingerprint density at radius 2 is 1.89 bits per heavy atom. The molecule has 1 heterocycles. The first-order valence-electron chi connectivity index (χ1n) is 5.96. The largest absolute Gasteiger partial charge is 0.321 e. The number of benzene rings is 2. The third-order valence-electron chi connectivity index (χ3n) is 2.87. The van der Waals surface area contributed by atoms with Crippen molar-refractivity contribution in [2.24, 2.45) is 0 Å². The molecule has 0 saturated carbocycles. The maximum Gasteiger partial charge on any atom is 0.275 e. The van der Waals surface area contributed by atoms with E-state index in [1.807, 2.05) is 49.4 Å². The zero-order chi connectivity index (χ0) is 13.2. The van der Waals surface area contributed by atoms with E-state index in [1.54, 1.807) is 6.07 Å². The fourth-order valence-electron chi connectivity index (χ4n) is 1.94. The van der Waals surface area contributed by atoms with Gasteiger partial charge in [-0.3, -0.25) is 4.79 Å². The monoisotopic (exact) mass is 268 g/mol. The minimum absolute atomic E-state index is 0.167. The molecule has 0 saturated heterocycles. The summed E-state index contributed by atoms with van der Waals surface area (Å²) in [6.45, 7) is 1.93. The highest BCUT2D eigenvalue weighted by atomic mass is 32.1. The molecule has 3 aromatic rings. The molecule has 0 atom stereocenters. The zero-order valence-corrected chi connectivity index (χ0v) is 11.2. The molecule has 2 aromatic carbocycles. The highest BCUT2D eigenvalue weighted by Gasteiger charge is 2.09. The summed E-state index contributed by atoms with van der Waals surface area (Å²) in [7, 11) is 0. The number of hydrogen-bond acceptors (Lipinski definition) is 3. The summed E-state index contributed by atoms with van der Waals surface area (Å²) >= 11 is 1.34. The van der Waals surface area contributed by atoms with E-state index in [-0.39, 0.29) is 5.91 Å². The predicted octanol–water partition coefficient (Wildman–Crippen LogP) is 3.86. The Balaban J connectivity index is 1.87. The van der Waals surface area contributed by atoms with E-state index >= 15 is 0 Å². The van der Waals surface area contributed by atoms with Gasteiger partial charge in [-0.25, -0.2) is 0 Å². The molecule has 3 rings (SSSR count). The fraction of sp³-hybridized carbons (Fsp3) is 0.0667. The minimum Gasteiger partial charge on any atom is -0.321 e. The number of rotatable bonds is 2. The Morgan fingerprint density at radius 1 is 1.11 bits per heavy atom. The first kappa shape index (κ1) is 11.9. The van der Waals surface area contributed by atoms with Gasteiger partial charge in [-0.1, -0.05) is 30.3 Å². The van der Waals surface area contributed by atoms with Crippen LogP contribution in [0.4, 0.5) is 5.69 Å². The standard InChI is InChI=1S/C15H12N2OS/c1-10-8-14(17-19-10)15(18)16-13-7-6-11-4-2-3-5-12(11)9-13/h2-9H,1H3,(H,16,18). The molecule has 0 fully saturated rings. The van der Waals surface area contributed by atoms with Crippen molar-refractivity contribution in [3.63, 3.8) is 0 Å². The lowest BCUT2D eigenvalue weighted by atomic mass is 10.1. The molecule has 0 radical (unpaired) electrons. The zero-order valence-electron chi connectivity index (χ0n) is 10.4.